The second-order valence-electron chi connectivity index (χ2n) is 4.38. The van der Waals surface area contributed by atoms with Gasteiger partial charge in [-0.25, -0.2) is 0 Å². The van der Waals surface area contributed by atoms with E-state index in [0.29, 0.717) is 10.7 Å². The summed E-state index contributed by atoms with van der Waals surface area (Å²) >= 11 is 6.16. The van der Waals surface area contributed by atoms with Gasteiger partial charge in [0.15, 0.2) is 0 Å². The minimum atomic E-state index is -0.203. The van der Waals surface area contributed by atoms with Crippen molar-refractivity contribution in [2.24, 2.45) is 0 Å². The number of nitrogens with two attached hydrogens (primary N) is 1. The normalized spacial score (nSPS) is 19.7. The average molecular weight is 269 g/mol. The summed E-state index contributed by atoms with van der Waals surface area (Å²) in [5.41, 5.74) is 7.17. The smallest absolute Gasteiger partial charge is 0.242 e. The number of carbonyl (C=O) groups is 1. The number of nitrogens with zero attached hydrogens (tertiary/aromatic N) is 2. The van der Waals surface area contributed by atoms with E-state index in [-0.39, 0.29) is 11.9 Å². The minimum Gasteiger partial charge on any atom is -0.396 e. The fourth-order valence-corrected chi connectivity index (χ4v) is 2.66. The summed E-state index contributed by atoms with van der Waals surface area (Å²) in [6.07, 6.45) is 6.01. The van der Waals surface area contributed by atoms with Gasteiger partial charge >= 0.3 is 0 Å². The number of hydrogen-bond acceptors (Lipinski definition) is 4. The van der Waals surface area contributed by atoms with Crippen molar-refractivity contribution in [1.29, 1.82) is 0 Å². The highest BCUT2D eigenvalue weighted by Gasteiger charge is 2.30. The Balaban J connectivity index is 2.37. The van der Waals surface area contributed by atoms with Crippen LogP contribution >= 0.6 is 11.6 Å². The lowest BCUT2D eigenvalue weighted by atomic mass is 10.0. The molecule has 1 aromatic heterocycles. The molecule has 1 aromatic rings. The van der Waals surface area contributed by atoms with E-state index in [2.05, 4.69) is 10.3 Å². The number of nitrogen functional groups attached to an aromatic ring is 1. The third kappa shape index (κ3) is 2.36. The standard InChI is InChI=1S/C12H17ClN4O/c1-15-12(18)10-4-2-3-5-17(10)11-8(13)6-16-7-9(11)14/h6-7,10H,2-5,14H2,1H3,(H,15,18). The van der Waals surface area contributed by atoms with Gasteiger partial charge in [-0.15, -0.1) is 0 Å². The summed E-state index contributed by atoms with van der Waals surface area (Å²) in [5, 5.41) is 3.18. The highest BCUT2D eigenvalue weighted by Crippen LogP contribution is 2.35. The number of piperidine rings is 1. The lowest BCUT2D eigenvalue weighted by Crippen LogP contribution is -2.49. The van der Waals surface area contributed by atoms with Crippen molar-refractivity contribution in [2.75, 3.05) is 24.2 Å². The number of anilines is 2. The predicted octanol–water partition coefficient (Wildman–Crippen LogP) is 1.42. The summed E-state index contributed by atoms with van der Waals surface area (Å²) in [6.45, 7) is 0.784. The van der Waals surface area contributed by atoms with Crippen molar-refractivity contribution < 1.29 is 4.79 Å². The van der Waals surface area contributed by atoms with E-state index in [4.69, 9.17) is 17.3 Å². The van der Waals surface area contributed by atoms with E-state index in [1.807, 2.05) is 4.90 Å². The Morgan fingerprint density at radius 1 is 1.56 bits per heavy atom. The molecule has 1 aliphatic heterocycles. The molecule has 98 valence electrons. The van der Waals surface area contributed by atoms with Gasteiger partial charge in [0.1, 0.15) is 6.04 Å². The first-order chi connectivity index (χ1) is 8.65. The zero-order valence-corrected chi connectivity index (χ0v) is 11.1. The molecule has 2 rings (SSSR count). The zero-order valence-electron chi connectivity index (χ0n) is 10.3. The number of likely N-dealkylation sites (N-methyl/N-ethyl adjacent to an activating group) is 1. The molecule has 1 atom stereocenters. The second kappa shape index (κ2) is 5.44. The molecule has 1 fully saturated rings. The lowest BCUT2D eigenvalue weighted by Gasteiger charge is -2.37. The first kappa shape index (κ1) is 13.0. The lowest BCUT2D eigenvalue weighted by molar-refractivity contribution is -0.122. The van der Waals surface area contributed by atoms with Crippen molar-refractivity contribution in [3.63, 3.8) is 0 Å². The van der Waals surface area contributed by atoms with E-state index in [1.54, 1.807) is 19.4 Å². The van der Waals surface area contributed by atoms with Crippen LogP contribution in [0.3, 0.4) is 0 Å². The molecule has 5 nitrogen and oxygen atoms in total. The van der Waals surface area contributed by atoms with Crippen LogP contribution in [0.4, 0.5) is 11.4 Å². The molecule has 3 N–H and O–H groups in total. The highest BCUT2D eigenvalue weighted by atomic mass is 35.5. The van der Waals surface area contributed by atoms with E-state index in [0.717, 1.165) is 31.5 Å². The molecule has 0 radical (unpaired) electrons. The van der Waals surface area contributed by atoms with Crippen LogP contribution in [0.5, 0.6) is 0 Å². The van der Waals surface area contributed by atoms with Crippen LogP contribution in [0.15, 0.2) is 12.4 Å². The summed E-state index contributed by atoms with van der Waals surface area (Å²) < 4.78 is 0. The van der Waals surface area contributed by atoms with E-state index in [9.17, 15) is 4.79 Å². The summed E-state index contributed by atoms with van der Waals surface area (Å²) in [4.78, 5) is 17.9. The maximum Gasteiger partial charge on any atom is 0.242 e. The number of hydrogen-bond donors (Lipinski definition) is 2. The minimum absolute atomic E-state index is 0.00183. The van der Waals surface area contributed by atoms with Gasteiger partial charge in [0, 0.05) is 19.8 Å². The number of rotatable bonds is 2. The van der Waals surface area contributed by atoms with Crippen LogP contribution in [0, 0.1) is 0 Å². The van der Waals surface area contributed by atoms with E-state index >= 15 is 0 Å². The fourth-order valence-electron chi connectivity index (χ4n) is 2.38. The van der Waals surface area contributed by atoms with Gasteiger partial charge in [-0.2, -0.15) is 0 Å². The third-order valence-corrected chi connectivity index (χ3v) is 3.52. The Labute approximate surface area is 111 Å². The van der Waals surface area contributed by atoms with Crippen LogP contribution in [-0.2, 0) is 4.79 Å². The maximum absolute atomic E-state index is 11.9. The second-order valence-corrected chi connectivity index (χ2v) is 4.79. The van der Waals surface area contributed by atoms with Crippen molar-refractivity contribution in [3.8, 4) is 0 Å². The van der Waals surface area contributed by atoms with Crippen LogP contribution < -0.4 is 16.0 Å². The van der Waals surface area contributed by atoms with Gasteiger partial charge < -0.3 is 16.0 Å². The quantitative estimate of drug-likeness (QED) is 0.851. The van der Waals surface area contributed by atoms with E-state index < -0.39 is 0 Å². The largest absolute Gasteiger partial charge is 0.396 e. The van der Waals surface area contributed by atoms with Crippen molar-refractivity contribution in [3.05, 3.63) is 17.4 Å². The number of nitrogens with one attached hydrogen (secondary N) is 1. The topological polar surface area (TPSA) is 71.2 Å². The number of aromatic nitrogens is 1. The highest BCUT2D eigenvalue weighted by molar-refractivity contribution is 6.33. The first-order valence-corrected chi connectivity index (χ1v) is 6.40. The van der Waals surface area contributed by atoms with Gasteiger partial charge in [0.05, 0.1) is 22.6 Å². The van der Waals surface area contributed by atoms with Crippen LogP contribution in [-0.4, -0.2) is 30.5 Å². The molecule has 0 aromatic carbocycles. The molecule has 1 saturated heterocycles. The Morgan fingerprint density at radius 3 is 3.00 bits per heavy atom. The monoisotopic (exact) mass is 268 g/mol. The number of pyridine rings is 1. The van der Waals surface area contributed by atoms with E-state index in [1.165, 1.54) is 0 Å². The molecular formula is C12H17ClN4O. The Bertz CT molecular complexity index is 431. The van der Waals surface area contributed by atoms with Crippen LogP contribution in [0.2, 0.25) is 5.02 Å². The van der Waals surface area contributed by atoms with Gasteiger partial charge in [-0.05, 0) is 19.3 Å². The number of carbonyl (C=O) groups excluding carboxylic acids is 1. The number of halogens is 1. The maximum atomic E-state index is 11.9. The Kier molecular flexibility index (Phi) is 3.91. The Hall–Kier alpha value is -1.49. The number of amides is 1. The molecule has 1 amide bonds. The molecule has 0 spiro atoms. The van der Waals surface area contributed by atoms with Crippen LogP contribution in [0.1, 0.15) is 19.3 Å². The summed E-state index contributed by atoms with van der Waals surface area (Å²) in [6, 6.07) is -0.203. The predicted molar refractivity (Wildman–Crippen MR) is 72.7 cm³/mol. The molecular weight excluding hydrogens is 252 g/mol. The van der Waals surface area contributed by atoms with Crippen molar-refractivity contribution in [1.82, 2.24) is 10.3 Å². The SMILES string of the molecule is CNC(=O)C1CCCCN1c1c(N)cncc1Cl. The first-order valence-electron chi connectivity index (χ1n) is 6.02. The van der Waals surface area contributed by atoms with Gasteiger partial charge in [0.25, 0.3) is 0 Å². The molecule has 0 bridgehead atoms. The molecule has 6 heteroatoms. The van der Waals surface area contributed by atoms with Crippen molar-refractivity contribution >= 4 is 28.9 Å². The summed E-state index contributed by atoms with van der Waals surface area (Å²) in [7, 11) is 1.65. The van der Waals surface area contributed by atoms with Gasteiger partial charge in [-0.1, -0.05) is 11.6 Å². The fraction of sp³-hybridized carbons (Fsp3) is 0.500. The third-order valence-electron chi connectivity index (χ3n) is 3.24. The van der Waals surface area contributed by atoms with Crippen molar-refractivity contribution in [2.45, 2.75) is 25.3 Å². The van der Waals surface area contributed by atoms with Crippen LogP contribution in [0.25, 0.3) is 0 Å². The van der Waals surface area contributed by atoms with Gasteiger partial charge in [0.2, 0.25) is 5.91 Å². The molecule has 1 aliphatic rings. The Morgan fingerprint density at radius 2 is 2.33 bits per heavy atom. The molecule has 18 heavy (non-hydrogen) atoms. The molecule has 0 aliphatic carbocycles. The zero-order chi connectivity index (χ0) is 13.1. The molecule has 1 unspecified atom stereocenters. The van der Waals surface area contributed by atoms with Gasteiger partial charge in [-0.3, -0.25) is 9.78 Å². The average Bonchev–Trinajstić information content (AvgIpc) is 2.38. The molecule has 2 heterocycles. The molecule has 0 saturated carbocycles. The summed E-state index contributed by atoms with van der Waals surface area (Å²) in [5.74, 6) is 0.00183.